The first-order chi connectivity index (χ1) is 13.4. The maximum Gasteiger partial charge on any atom is 0.175 e. The van der Waals surface area contributed by atoms with Gasteiger partial charge in [0, 0.05) is 23.2 Å². The van der Waals surface area contributed by atoms with E-state index in [2.05, 4.69) is 22.4 Å². The van der Waals surface area contributed by atoms with Crippen molar-refractivity contribution < 1.29 is 13.2 Å². The summed E-state index contributed by atoms with van der Waals surface area (Å²) in [6, 6.07) is 11.1. The van der Waals surface area contributed by atoms with E-state index in [1.807, 2.05) is 18.2 Å². The fourth-order valence-electron chi connectivity index (χ4n) is 3.45. The number of benzene rings is 2. The van der Waals surface area contributed by atoms with Crippen molar-refractivity contribution >= 4 is 26.4 Å². The van der Waals surface area contributed by atoms with Gasteiger partial charge in [0.05, 0.1) is 29.4 Å². The molecule has 1 saturated carbocycles. The Kier molecular flexibility index (Phi) is 4.71. The Bertz CT molecular complexity index is 1140. The maximum absolute atomic E-state index is 12.0. The molecule has 7 heteroatoms. The van der Waals surface area contributed by atoms with Gasteiger partial charge in [-0.1, -0.05) is 6.07 Å². The lowest BCUT2D eigenvalue weighted by Gasteiger charge is -2.16. The van der Waals surface area contributed by atoms with Gasteiger partial charge in [-0.05, 0) is 61.6 Å². The number of ether oxygens (including phenoxy) is 1. The van der Waals surface area contributed by atoms with Crippen molar-refractivity contribution in [3.8, 4) is 16.9 Å². The summed E-state index contributed by atoms with van der Waals surface area (Å²) in [4.78, 5) is 0.253. The second-order valence-electron chi connectivity index (χ2n) is 7.39. The van der Waals surface area contributed by atoms with E-state index >= 15 is 0 Å². The van der Waals surface area contributed by atoms with Gasteiger partial charge in [-0.25, -0.2) is 8.42 Å². The summed E-state index contributed by atoms with van der Waals surface area (Å²) in [6.07, 6.45) is 5.49. The predicted molar refractivity (Wildman–Crippen MR) is 110 cm³/mol. The molecule has 1 aliphatic rings. The molecule has 0 spiro atoms. The molecule has 0 bridgehead atoms. The van der Waals surface area contributed by atoms with Gasteiger partial charge in [0.2, 0.25) is 0 Å². The minimum absolute atomic E-state index is 0.253. The average molecular weight is 398 g/mol. The van der Waals surface area contributed by atoms with Crippen molar-refractivity contribution in [3.63, 3.8) is 0 Å². The van der Waals surface area contributed by atoms with Gasteiger partial charge < -0.3 is 10.1 Å². The Labute approximate surface area is 164 Å². The smallest absolute Gasteiger partial charge is 0.175 e. The van der Waals surface area contributed by atoms with Gasteiger partial charge in [-0.2, -0.15) is 10.2 Å². The summed E-state index contributed by atoms with van der Waals surface area (Å²) in [6.45, 7) is 2.19. The van der Waals surface area contributed by atoms with Crippen molar-refractivity contribution in [2.75, 3.05) is 18.7 Å². The number of hydrogen-bond acceptors (Lipinski definition) is 6. The fourth-order valence-corrected chi connectivity index (χ4v) is 4.09. The third-order valence-electron chi connectivity index (χ3n) is 5.26. The zero-order valence-electron chi connectivity index (χ0n) is 16.1. The molecule has 3 aromatic rings. The third-order valence-corrected chi connectivity index (χ3v) is 6.37. The van der Waals surface area contributed by atoms with Crippen LogP contribution >= 0.6 is 0 Å². The van der Waals surface area contributed by atoms with Crippen LogP contribution in [0.15, 0.2) is 47.5 Å². The van der Waals surface area contributed by atoms with Gasteiger partial charge in [0.15, 0.2) is 9.84 Å². The Balaban J connectivity index is 1.78. The molecule has 146 valence electrons. The van der Waals surface area contributed by atoms with Crippen LogP contribution in [-0.2, 0) is 9.84 Å². The Morgan fingerprint density at radius 3 is 2.64 bits per heavy atom. The van der Waals surface area contributed by atoms with Crippen molar-refractivity contribution in [2.24, 2.45) is 5.92 Å². The van der Waals surface area contributed by atoms with Gasteiger partial charge in [0.1, 0.15) is 5.75 Å². The van der Waals surface area contributed by atoms with Gasteiger partial charge in [0.25, 0.3) is 0 Å². The Morgan fingerprint density at radius 2 is 1.96 bits per heavy atom. The van der Waals surface area contributed by atoms with Crippen LogP contribution in [0.2, 0.25) is 0 Å². The van der Waals surface area contributed by atoms with E-state index in [0.29, 0.717) is 17.4 Å². The molecule has 1 N–H and O–H groups in total. The monoisotopic (exact) mass is 397 g/mol. The number of rotatable bonds is 6. The predicted octanol–water partition coefficient (Wildman–Crippen LogP) is 3.92. The molecule has 0 aliphatic heterocycles. The van der Waals surface area contributed by atoms with Crippen molar-refractivity contribution in [3.05, 3.63) is 42.6 Å². The first kappa shape index (κ1) is 18.7. The second kappa shape index (κ2) is 7.05. The Morgan fingerprint density at radius 1 is 1.18 bits per heavy atom. The number of sulfone groups is 1. The van der Waals surface area contributed by atoms with Gasteiger partial charge in [-0.3, -0.25) is 0 Å². The minimum Gasteiger partial charge on any atom is -0.496 e. The number of fused-ring (bicyclic) bond motifs is 1. The number of anilines is 1. The quantitative estimate of drug-likeness (QED) is 0.679. The first-order valence-electron chi connectivity index (χ1n) is 9.27. The van der Waals surface area contributed by atoms with Crippen LogP contribution in [0.5, 0.6) is 5.75 Å². The van der Waals surface area contributed by atoms with Gasteiger partial charge >= 0.3 is 0 Å². The summed E-state index contributed by atoms with van der Waals surface area (Å²) < 4.78 is 29.4. The zero-order chi connectivity index (χ0) is 19.9. The van der Waals surface area contributed by atoms with Gasteiger partial charge in [-0.15, -0.1) is 0 Å². The number of nitrogens with one attached hydrogen (secondary N) is 1. The molecule has 0 unspecified atom stereocenters. The van der Waals surface area contributed by atoms with Crippen LogP contribution in [0.25, 0.3) is 22.0 Å². The molecule has 1 heterocycles. The zero-order valence-corrected chi connectivity index (χ0v) is 17.0. The van der Waals surface area contributed by atoms with Crippen molar-refractivity contribution in [1.29, 1.82) is 0 Å². The highest BCUT2D eigenvalue weighted by molar-refractivity contribution is 7.90. The highest BCUT2D eigenvalue weighted by atomic mass is 32.2. The number of nitrogens with zero attached hydrogens (tertiary/aromatic N) is 2. The van der Waals surface area contributed by atoms with E-state index in [4.69, 9.17) is 4.74 Å². The normalized spacial score (nSPS) is 15.4. The molecule has 0 radical (unpaired) electrons. The topological polar surface area (TPSA) is 81.2 Å². The lowest BCUT2D eigenvalue weighted by Crippen LogP contribution is -2.17. The number of aromatic nitrogens is 2. The highest BCUT2D eigenvalue weighted by Crippen LogP contribution is 2.37. The van der Waals surface area contributed by atoms with E-state index in [1.54, 1.807) is 31.5 Å². The second-order valence-corrected chi connectivity index (χ2v) is 9.41. The van der Waals surface area contributed by atoms with Crippen LogP contribution in [0.3, 0.4) is 0 Å². The minimum atomic E-state index is -3.32. The van der Waals surface area contributed by atoms with Crippen molar-refractivity contribution in [2.45, 2.75) is 30.7 Å². The van der Waals surface area contributed by atoms with Crippen LogP contribution in [0, 0.1) is 5.92 Å². The van der Waals surface area contributed by atoms with E-state index in [-0.39, 0.29) is 4.90 Å². The molecule has 6 nitrogen and oxygen atoms in total. The molecule has 28 heavy (non-hydrogen) atoms. The molecule has 1 aliphatic carbocycles. The molecule has 0 saturated heterocycles. The SMILES string of the molecule is COc1ccc(S(C)(=O)=O)cc1-c1ccc2c(N[C@H](C)C3CC3)cnnc2c1. The lowest BCUT2D eigenvalue weighted by molar-refractivity contribution is 0.416. The fraction of sp³-hybridized carbons (Fsp3) is 0.333. The van der Waals surface area contributed by atoms with Crippen LogP contribution < -0.4 is 10.1 Å². The molecular formula is C21H23N3O3S. The standard InChI is InChI=1S/C21H23N3O3S/c1-13(14-4-5-14)23-20-12-22-24-19-10-15(6-8-17(19)20)18-11-16(28(3,25)26)7-9-21(18)27-2/h6-14H,4-5H2,1-3H3,(H,23,24)/t13-/m1/s1. The molecule has 2 aromatic carbocycles. The van der Waals surface area contributed by atoms with Crippen LogP contribution in [-0.4, -0.2) is 38.0 Å². The van der Waals surface area contributed by atoms with Crippen LogP contribution in [0.4, 0.5) is 5.69 Å². The Hall–Kier alpha value is -2.67. The number of methoxy groups -OCH3 is 1. The molecule has 1 fully saturated rings. The highest BCUT2D eigenvalue weighted by Gasteiger charge is 2.28. The molecule has 4 rings (SSSR count). The third kappa shape index (κ3) is 3.67. The van der Waals surface area contributed by atoms with E-state index < -0.39 is 9.84 Å². The van der Waals surface area contributed by atoms with E-state index in [0.717, 1.165) is 28.1 Å². The summed E-state index contributed by atoms with van der Waals surface area (Å²) in [5.41, 5.74) is 3.25. The first-order valence-corrected chi connectivity index (χ1v) is 11.2. The molecule has 0 amide bonds. The summed E-state index contributed by atoms with van der Waals surface area (Å²) in [7, 11) is -1.75. The summed E-state index contributed by atoms with van der Waals surface area (Å²) >= 11 is 0. The van der Waals surface area contributed by atoms with E-state index in [1.165, 1.54) is 19.1 Å². The lowest BCUT2D eigenvalue weighted by atomic mass is 10.0. The molecule has 1 atom stereocenters. The average Bonchev–Trinajstić information content (AvgIpc) is 3.52. The van der Waals surface area contributed by atoms with E-state index in [9.17, 15) is 8.42 Å². The largest absolute Gasteiger partial charge is 0.496 e. The maximum atomic E-state index is 12.0. The van der Waals surface area contributed by atoms with Crippen LogP contribution in [0.1, 0.15) is 19.8 Å². The van der Waals surface area contributed by atoms with Crippen molar-refractivity contribution in [1.82, 2.24) is 10.2 Å². The number of hydrogen-bond donors (Lipinski definition) is 1. The molecule has 1 aromatic heterocycles. The molecular weight excluding hydrogens is 374 g/mol. The summed E-state index contributed by atoms with van der Waals surface area (Å²) in [5, 5.41) is 13.0. The summed E-state index contributed by atoms with van der Waals surface area (Å²) in [5.74, 6) is 1.34.